The van der Waals surface area contributed by atoms with Crippen LogP contribution in [0.5, 0.6) is 0 Å². The van der Waals surface area contributed by atoms with E-state index in [1.54, 1.807) is 62.3 Å². The van der Waals surface area contributed by atoms with E-state index in [9.17, 15) is 24.3 Å². The van der Waals surface area contributed by atoms with Gasteiger partial charge in [-0.05, 0) is 62.3 Å². The van der Waals surface area contributed by atoms with Crippen molar-refractivity contribution in [3.63, 3.8) is 0 Å². The van der Waals surface area contributed by atoms with Gasteiger partial charge < -0.3 is 24.1 Å². The summed E-state index contributed by atoms with van der Waals surface area (Å²) in [5.41, 5.74) is -2.67. The molecule has 2 atom stereocenters. The van der Waals surface area contributed by atoms with Gasteiger partial charge in [-0.2, -0.15) is 0 Å². The second-order valence-electron chi connectivity index (χ2n) is 10.2. The molecular formula is C21H32O9. The van der Waals surface area contributed by atoms with Gasteiger partial charge in [-0.15, -0.1) is 0 Å². The second kappa shape index (κ2) is 8.65. The predicted octanol–water partition coefficient (Wildman–Crippen LogP) is 2.82. The molecule has 0 aromatic heterocycles. The first-order valence-electron chi connectivity index (χ1n) is 9.60. The number of carbonyl (C=O) groups is 4. The summed E-state index contributed by atoms with van der Waals surface area (Å²) < 4.78 is 20.7. The van der Waals surface area contributed by atoms with Crippen molar-refractivity contribution >= 4 is 23.9 Å². The Morgan fingerprint density at radius 2 is 1.37 bits per heavy atom. The maximum atomic E-state index is 12.4. The van der Waals surface area contributed by atoms with Crippen molar-refractivity contribution in [2.45, 2.75) is 74.5 Å². The summed E-state index contributed by atoms with van der Waals surface area (Å²) in [5, 5.41) is 10.5. The fourth-order valence-electron chi connectivity index (χ4n) is 1.92. The van der Waals surface area contributed by atoms with Crippen molar-refractivity contribution in [1.29, 1.82) is 0 Å². The number of hydrogen-bond donors (Lipinski definition) is 1. The Kier molecular flexibility index (Phi) is 7.34. The molecule has 1 aliphatic rings. The zero-order chi connectivity index (χ0) is 23.7. The van der Waals surface area contributed by atoms with Crippen LogP contribution in [0.4, 0.5) is 0 Å². The van der Waals surface area contributed by atoms with E-state index in [4.69, 9.17) is 18.9 Å². The molecule has 0 unspecified atom stereocenters. The largest absolute Gasteiger partial charge is 0.505 e. The summed E-state index contributed by atoms with van der Waals surface area (Å²) in [5.74, 6) is -4.48. The molecule has 9 heteroatoms. The predicted molar refractivity (Wildman–Crippen MR) is 105 cm³/mol. The standard InChI is InChI=1S/C21H32O9/c1-19(2,3)16(24)27-10-11(28-17(25)20(4,5)6)13-12(22)14(15(23)29-13)30-18(26)21(7,8)9/h11,13,22H,10H2,1-9H3/t11-,13+/m0/s1. The Hall–Kier alpha value is -2.58. The summed E-state index contributed by atoms with van der Waals surface area (Å²) in [6, 6.07) is 0. The number of ether oxygens (including phenoxy) is 4. The Morgan fingerprint density at radius 1 is 0.900 bits per heavy atom. The van der Waals surface area contributed by atoms with E-state index in [1.165, 1.54) is 0 Å². The van der Waals surface area contributed by atoms with Gasteiger partial charge in [-0.3, -0.25) is 14.4 Å². The molecule has 1 rings (SSSR count). The van der Waals surface area contributed by atoms with Gasteiger partial charge in [0.2, 0.25) is 6.10 Å². The minimum Gasteiger partial charge on any atom is -0.505 e. The number of rotatable bonds is 5. The van der Waals surface area contributed by atoms with Crippen molar-refractivity contribution in [2.24, 2.45) is 16.2 Å². The Balaban J connectivity index is 3.16. The fourth-order valence-corrected chi connectivity index (χ4v) is 1.92. The minimum absolute atomic E-state index is 0.472. The van der Waals surface area contributed by atoms with E-state index in [0.29, 0.717) is 0 Å². The molecule has 0 saturated heterocycles. The van der Waals surface area contributed by atoms with Crippen LogP contribution < -0.4 is 0 Å². The molecule has 1 heterocycles. The molecule has 170 valence electrons. The van der Waals surface area contributed by atoms with E-state index in [2.05, 4.69) is 0 Å². The highest BCUT2D eigenvalue weighted by Gasteiger charge is 2.46. The molecule has 0 aromatic rings. The van der Waals surface area contributed by atoms with Crippen molar-refractivity contribution in [1.82, 2.24) is 0 Å². The van der Waals surface area contributed by atoms with E-state index < -0.39 is 70.5 Å². The summed E-state index contributed by atoms with van der Waals surface area (Å²) in [6.45, 7) is 14.0. The highest BCUT2D eigenvalue weighted by Crippen LogP contribution is 2.30. The Bertz CT molecular complexity index is 742. The van der Waals surface area contributed by atoms with Crippen LogP contribution in [0.2, 0.25) is 0 Å². The quantitative estimate of drug-likeness (QED) is 0.519. The topological polar surface area (TPSA) is 125 Å². The van der Waals surface area contributed by atoms with Crippen molar-refractivity contribution in [2.75, 3.05) is 6.61 Å². The van der Waals surface area contributed by atoms with Gasteiger partial charge >= 0.3 is 23.9 Å². The van der Waals surface area contributed by atoms with E-state index in [0.717, 1.165) is 0 Å². The van der Waals surface area contributed by atoms with Crippen LogP contribution >= 0.6 is 0 Å². The molecule has 0 aliphatic carbocycles. The van der Waals surface area contributed by atoms with Gasteiger partial charge in [0.25, 0.3) is 5.76 Å². The van der Waals surface area contributed by atoms with E-state index >= 15 is 0 Å². The monoisotopic (exact) mass is 428 g/mol. The van der Waals surface area contributed by atoms with Crippen LogP contribution in [-0.2, 0) is 38.1 Å². The zero-order valence-corrected chi connectivity index (χ0v) is 19.1. The van der Waals surface area contributed by atoms with Crippen LogP contribution in [0, 0.1) is 16.2 Å². The van der Waals surface area contributed by atoms with Crippen LogP contribution in [0.15, 0.2) is 11.5 Å². The maximum Gasteiger partial charge on any atom is 0.379 e. The summed E-state index contributed by atoms with van der Waals surface area (Å²) in [6.07, 6.45) is -2.82. The van der Waals surface area contributed by atoms with Gasteiger partial charge in [0.05, 0.1) is 16.2 Å². The first-order valence-corrected chi connectivity index (χ1v) is 9.60. The number of cyclic esters (lactones) is 1. The smallest absolute Gasteiger partial charge is 0.379 e. The third-order valence-electron chi connectivity index (χ3n) is 3.93. The molecule has 9 nitrogen and oxygen atoms in total. The molecule has 0 radical (unpaired) electrons. The Morgan fingerprint density at radius 3 is 1.80 bits per heavy atom. The van der Waals surface area contributed by atoms with Gasteiger partial charge in [0, 0.05) is 0 Å². The normalized spacial score (nSPS) is 18.6. The first kappa shape index (κ1) is 25.5. The fraction of sp³-hybridized carbons (Fsp3) is 0.714. The van der Waals surface area contributed by atoms with Gasteiger partial charge in [-0.25, -0.2) is 4.79 Å². The highest BCUT2D eigenvalue weighted by atomic mass is 16.6. The lowest BCUT2D eigenvalue weighted by Gasteiger charge is -2.27. The second-order valence-corrected chi connectivity index (χ2v) is 10.2. The third kappa shape index (κ3) is 6.47. The lowest BCUT2D eigenvalue weighted by atomic mass is 9.97. The van der Waals surface area contributed by atoms with Gasteiger partial charge in [-0.1, -0.05) is 0 Å². The molecule has 1 aliphatic heterocycles. The molecule has 1 N–H and O–H groups in total. The van der Waals surface area contributed by atoms with Crippen molar-refractivity contribution in [3.05, 3.63) is 11.5 Å². The molecule has 0 amide bonds. The van der Waals surface area contributed by atoms with Crippen LogP contribution in [0.1, 0.15) is 62.3 Å². The number of esters is 4. The SMILES string of the molecule is CC(C)(C)C(=O)OC[C@H](OC(=O)C(C)(C)C)[C@H]1OC(=O)C(OC(=O)C(C)(C)C)=C1O. The lowest BCUT2D eigenvalue weighted by Crippen LogP contribution is -2.41. The Labute approximate surface area is 176 Å². The van der Waals surface area contributed by atoms with Crippen LogP contribution in [0.3, 0.4) is 0 Å². The molecule has 0 saturated carbocycles. The van der Waals surface area contributed by atoms with Crippen LogP contribution in [0.25, 0.3) is 0 Å². The zero-order valence-electron chi connectivity index (χ0n) is 19.1. The minimum atomic E-state index is -1.49. The molecule has 0 fully saturated rings. The van der Waals surface area contributed by atoms with Crippen molar-refractivity contribution in [3.8, 4) is 0 Å². The summed E-state index contributed by atoms with van der Waals surface area (Å²) in [7, 11) is 0. The summed E-state index contributed by atoms with van der Waals surface area (Å²) >= 11 is 0. The average molecular weight is 428 g/mol. The number of aliphatic hydroxyl groups excluding tert-OH is 1. The third-order valence-corrected chi connectivity index (χ3v) is 3.93. The number of carbonyl (C=O) groups excluding carboxylic acids is 4. The van der Waals surface area contributed by atoms with Crippen LogP contribution in [-0.4, -0.2) is 47.8 Å². The summed E-state index contributed by atoms with van der Waals surface area (Å²) in [4.78, 5) is 48.8. The molecular weight excluding hydrogens is 396 g/mol. The molecule has 0 spiro atoms. The number of hydrogen-bond acceptors (Lipinski definition) is 9. The number of aliphatic hydroxyl groups is 1. The molecule has 30 heavy (non-hydrogen) atoms. The highest BCUT2D eigenvalue weighted by molar-refractivity contribution is 5.93. The average Bonchev–Trinajstić information content (AvgIpc) is 2.83. The van der Waals surface area contributed by atoms with E-state index in [1.807, 2.05) is 0 Å². The lowest BCUT2D eigenvalue weighted by molar-refractivity contribution is -0.179. The van der Waals surface area contributed by atoms with Gasteiger partial charge in [0.1, 0.15) is 6.61 Å². The first-order chi connectivity index (χ1) is 13.4. The molecule has 0 bridgehead atoms. The van der Waals surface area contributed by atoms with Crippen molar-refractivity contribution < 1.29 is 43.2 Å². The molecule has 0 aromatic carbocycles. The van der Waals surface area contributed by atoms with Gasteiger partial charge in [0.15, 0.2) is 11.9 Å². The maximum absolute atomic E-state index is 12.4. The van der Waals surface area contributed by atoms with E-state index in [-0.39, 0.29) is 0 Å².